The van der Waals surface area contributed by atoms with Crippen LogP contribution in [0.4, 0.5) is 10.1 Å². The minimum atomic E-state index is -0.265. The molecule has 106 valence electrons. The van der Waals surface area contributed by atoms with Gasteiger partial charge in [0.25, 0.3) is 0 Å². The van der Waals surface area contributed by atoms with Crippen LogP contribution >= 0.6 is 0 Å². The third-order valence-electron chi connectivity index (χ3n) is 3.34. The number of nitrogens with zero attached hydrogens (tertiary/aromatic N) is 4. The van der Waals surface area contributed by atoms with E-state index >= 15 is 0 Å². The second kappa shape index (κ2) is 5.32. The summed E-state index contributed by atoms with van der Waals surface area (Å²) in [6.07, 6.45) is 0. The number of rotatable bonds is 3. The molecule has 0 unspecified atom stereocenters. The Morgan fingerprint density at radius 3 is 2.67 bits per heavy atom. The van der Waals surface area contributed by atoms with Crippen LogP contribution in [0.5, 0.6) is 0 Å². The zero-order chi connectivity index (χ0) is 14.8. The second-order valence-electron chi connectivity index (χ2n) is 4.82. The summed E-state index contributed by atoms with van der Waals surface area (Å²) in [7, 11) is 0. The van der Waals surface area contributed by atoms with Gasteiger partial charge < -0.3 is 5.73 Å². The van der Waals surface area contributed by atoms with E-state index < -0.39 is 0 Å². The topological polar surface area (TPSA) is 69.6 Å². The summed E-state index contributed by atoms with van der Waals surface area (Å²) in [6, 6.07) is 12.0. The van der Waals surface area contributed by atoms with Crippen molar-refractivity contribution in [1.82, 2.24) is 20.2 Å². The van der Waals surface area contributed by atoms with Gasteiger partial charge in [0.05, 0.1) is 6.54 Å². The third kappa shape index (κ3) is 2.60. The first-order valence-electron chi connectivity index (χ1n) is 6.51. The van der Waals surface area contributed by atoms with E-state index in [2.05, 4.69) is 15.5 Å². The van der Waals surface area contributed by atoms with Crippen molar-refractivity contribution < 1.29 is 4.39 Å². The quantitative estimate of drug-likeness (QED) is 0.749. The molecule has 0 aliphatic carbocycles. The van der Waals surface area contributed by atoms with E-state index in [1.54, 1.807) is 16.8 Å². The summed E-state index contributed by atoms with van der Waals surface area (Å²) >= 11 is 0. The number of halogens is 1. The molecule has 1 heterocycles. The highest BCUT2D eigenvalue weighted by atomic mass is 19.1. The van der Waals surface area contributed by atoms with Gasteiger partial charge in [0.2, 0.25) is 0 Å². The molecule has 0 radical (unpaired) electrons. The number of para-hydroxylation sites is 1. The molecule has 3 rings (SSSR count). The van der Waals surface area contributed by atoms with Crippen molar-refractivity contribution in [2.24, 2.45) is 0 Å². The molecule has 5 nitrogen and oxygen atoms in total. The van der Waals surface area contributed by atoms with Crippen molar-refractivity contribution in [3.05, 3.63) is 59.4 Å². The first-order chi connectivity index (χ1) is 10.1. The zero-order valence-electron chi connectivity index (χ0n) is 11.5. The fourth-order valence-corrected chi connectivity index (χ4v) is 2.14. The predicted octanol–water partition coefficient (Wildman–Crippen LogP) is 2.42. The van der Waals surface area contributed by atoms with Gasteiger partial charge in [-0.15, -0.1) is 5.10 Å². The summed E-state index contributed by atoms with van der Waals surface area (Å²) < 4.78 is 14.6. The number of aryl methyl sites for hydroxylation is 1. The van der Waals surface area contributed by atoms with Crippen molar-refractivity contribution in [3.8, 4) is 11.4 Å². The summed E-state index contributed by atoms with van der Waals surface area (Å²) in [5.74, 6) is 0.333. The first-order valence-corrected chi connectivity index (χ1v) is 6.51. The SMILES string of the molecule is Cc1cccc(-c2nnnn2Cc2ccc(F)cc2)c1N. The number of nitrogens with two attached hydrogens (primary N) is 1. The predicted molar refractivity (Wildman–Crippen MR) is 77.9 cm³/mol. The number of nitrogen functional groups attached to an aromatic ring is 1. The smallest absolute Gasteiger partial charge is 0.184 e. The van der Waals surface area contributed by atoms with Gasteiger partial charge in [-0.05, 0) is 46.7 Å². The number of benzene rings is 2. The maximum atomic E-state index is 12.9. The zero-order valence-corrected chi connectivity index (χ0v) is 11.5. The van der Waals surface area contributed by atoms with E-state index in [0.717, 1.165) is 16.7 Å². The normalized spacial score (nSPS) is 10.8. The molecule has 0 atom stereocenters. The molecule has 0 fully saturated rings. The van der Waals surface area contributed by atoms with Crippen molar-refractivity contribution in [2.75, 3.05) is 5.73 Å². The van der Waals surface area contributed by atoms with Gasteiger partial charge in [-0.25, -0.2) is 9.07 Å². The van der Waals surface area contributed by atoms with Crippen LogP contribution in [0.1, 0.15) is 11.1 Å². The van der Waals surface area contributed by atoms with Crippen LogP contribution in [0.2, 0.25) is 0 Å². The van der Waals surface area contributed by atoms with E-state index in [1.807, 2.05) is 25.1 Å². The van der Waals surface area contributed by atoms with E-state index in [-0.39, 0.29) is 5.82 Å². The average Bonchev–Trinajstić information content (AvgIpc) is 2.92. The third-order valence-corrected chi connectivity index (χ3v) is 3.34. The Bertz CT molecular complexity index is 764. The summed E-state index contributed by atoms with van der Waals surface area (Å²) in [6.45, 7) is 2.39. The number of aromatic nitrogens is 4. The van der Waals surface area contributed by atoms with Crippen LogP contribution < -0.4 is 5.73 Å². The molecule has 0 spiro atoms. The van der Waals surface area contributed by atoms with Crippen molar-refractivity contribution >= 4 is 5.69 Å². The summed E-state index contributed by atoms with van der Waals surface area (Å²) in [5, 5.41) is 11.8. The van der Waals surface area contributed by atoms with Crippen LogP contribution in [0.3, 0.4) is 0 Å². The Morgan fingerprint density at radius 2 is 1.90 bits per heavy atom. The Morgan fingerprint density at radius 1 is 1.14 bits per heavy atom. The van der Waals surface area contributed by atoms with Crippen molar-refractivity contribution in [3.63, 3.8) is 0 Å². The molecule has 1 aromatic heterocycles. The number of anilines is 1. The van der Waals surface area contributed by atoms with Crippen molar-refractivity contribution in [1.29, 1.82) is 0 Å². The highest BCUT2D eigenvalue weighted by Crippen LogP contribution is 2.26. The molecule has 0 aliphatic heterocycles. The Labute approximate surface area is 121 Å². The van der Waals surface area contributed by atoms with Gasteiger partial charge in [-0.3, -0.25) is 0 Å². The average molecular weight is 283 g/mol. The number of hydrogen-bond acceptors (Lipinski definition) is 4. The molecule has 0 saturated heterocycles. The molecule has 2 N–H and O–H groups in total. The summed E-state index contributed by atoms with van der Waals surface area (Å²) in [4.78, 5) is 0. The van der Waals surface area contributed by atoms with E-state index in [9.17, 15) is 4.39 Å². The Balaban J connectivity index is 1.97. The minimum absolute atomic E-state index is 0.265. The molecule has 0 aliphatic rings. The van der Waals surface area contributed by atoms with Gasteiger partial charge >= 0.3 is 0 Å². The maximum absolute atomic E-state index is 12.9. The Kier molecular flexibility index (Phi) is 3.35. The number of tetrazole rings is 1. The van der Waals surface area contributed by atoms with E-state index in [1.165, 1.54) is 12.1 Å². The molecule has 0 amide bonds. The van der Waals surface area contributed by atoms with Crippen LogP contribution in [-0.4, -0.2) is 20.2 Å². The van der Waals surface area contributed by atoms with Gasteiger partial charge in [-0.2, -0.15) is 0 Å². The fourth-order valence-electron chi connectivity index (χ4n) is 2.14. The molecule has 21 heavy (non-hydrogen) atoms. The highest BCUT2D eigenvalue weighted by molar-refractivity contribution is 5.73. The highest BCUT2D eigenvalue weighted by Gasteiger charge is 2.13. The van der Waals surface area contributed by atoms with Gasteiger partial charge in [0.1, 0.15) is 5.82 Å². The van der Waals surface area contributed by atoms with Crippen LogP contribution in [0.25, 0.3) is 11.4 Å². The largest absolute Gasteiger partial charge is 0.398 e. The standard InChI is InChI=1S/C15H14FN5/c1-10-3-2-4-13(14(10)17)15-18-19-20-21(15)9-11-5-7-12(16)8-6-11/h2-8H,9,17H2,1H3. The van der Waals surface area contributed by atoms with E-state index in [4.69, 9.17) is 5.73 Å². The van der Waals surface area contributed by atoms with Crippen molar-refractivity contribution in [2.45, 2.75) is 13.5 Å². The lowest BCUT2D eigenvalue weighted by Crippen LogP contribution is -2.06. The molecular weight excluding hydrogens is 269 g/mol. The summed E-state index contributed by atoms with van der Waals surface area (Å²) in [5.41, 5.74) is 9.44. The van der Waals surface area contributed by atoms with Gasteiger partial charge in [-0.1, -0.05) is 24.3 Å². The van der Waals surface area contributed by atoms with Gasteiger partial charge in [0.15, 0.2) is 5.82 Å². The maximum Gasteiger partial charge on any atom is 0.184 e. The Hall–Kier alpha value is -2.76. The molecule has 2 aromatic carbocycles. The molecule has 3 aromatic rings. The minimum Gasteiger partial charge on any atom is -0.398 e. The van der Waals surface area contributed by atoms with Gasteiger partial charge in [0, 0.05) is 11.3 Å². The monoisotopic (exact) mass is 283 g/mol. The molecule has 0 bridgehead atoms. The number of hydrogen-bond donors (Lipinski definition) is 1. The first kappa shape index (κ1) is 13.2. The van der Waals surface area contributed by atoms with Crippen LogP contribution in [0.15, 0.2) is 42.5 Å². The lowest BCUT2D eigenvalue weighted by molar-refractivity contribution is 0.622. The molecule has 0 saturated carbocycles. The van der Waals surface area contributed by atoms with Crippen LogP contribution in [-0.2, 0) is 6.54 Å². The lowest BCUT2D eigenvalue weighted by atomic mass is 10.1. The second-order valence-corrected chi connectivity index (χ2v) is 4.82. The van der Waals surface area contributed by atoms with Crippen LogP contribution in [0, 0.1) is 12.7 Å². The van der Waals surface area contributed by atoms with E-state index in [0.29, 0.717) is 18.1 Å². The fraction of sp³-hybridized carbons (Fsp3) is 0.133. The lowest BCUT2D eigenvalue weighted by Gasteiger charge is -2.09. The molecule has 6 heteroatoms. The molecular formula is C15H14FN5.